The van der Waals surface area contributed by atoms with Crippen molar-refractivity contribution >= 4 is 24.0 Å². The molecule has 0 aliphatic heterocycles. The molecule has 4 heteroatoms. The highest BCUT2D eigenvalue weighted by molar-refractivity contribution is 6.30. The molecule has 1 aromatic rings. The van der Waals surface area contributed by atoms with Crippen molar-refractivity contribution in [1.82, 2.24) is 0 Å². The molecular weight excluding hydrogens is 224 g/mol. The highest BCUT2D eigenvalue weighted by atomic mass is 35.5. The lowest BCUT2D eigenvalue weighted by Crippen LogP contribution is -2.11. The predicted octanol–water partition coefficient (Wildman–Crippen LogP) is 3.48. The molecule has 0 saturated carbocycles. The Bertz CT molecular complexity index is 315. The second-order valence-electron chi connectivity index (χ2n) is 2.77. The monoisotopic (exact) mass is 235 g/mol. The van der Waals surface area contributed by atoms with Gasteiger partial charge in [-0.05, 0) is 12.5 Å². The van der Waals surface area contributed by atoms with Crippen LogP contribution in [0.25, 0.3) is 0 Å². The maximum atomic E-state index is 13.3. The summed E-state index contributed by atoms with van der Waals surface area (Å²) in [4.78, 5) is 0. The molecule has 2 N–H and O–H groups in total. The molecule has 1 rings (SSSR count). The second-order valence-corrected chi connectivity index (χ2v) is 3.18. The van der Waals surface area contributed by atoms with Gasteiger partial charge in [0.15, 0.2) is 0 Å². The van der Waals surface area contributed by atoms with Crippen molar-refractivity contribution < 1.29 is 4.39 Å². The van der Waals surface area contributed by atoms with Crippen molar-refractivity contribution in [2.75, 3.05) is 0 Å². The lowest BCUT2D eigenvalue weighted by Gasteiger charge is -2.10. The first-order chi connectivity index (χ1) is 6.16. The largest absolute Gasteiger partial charge is 0.324 e. The molecule has 0 aromatic heterocycles. The number of hydrogen-bond acceptors (Lipinski definition) is 1. The van der Waals surface area contributed by atoms with E-state index in [1.807, 2.05) is 0 Å². The zero-order valence-electron chi connectivity index (χ0n) is 7.54. The standard InChI is InChI=1S/C10H11ClFN.ClH/c1-2-4-9(13)7-5-3-6-8(11)10(7)12;/h2-3,5-6,9H,1,4,13H2;1H/t9-;/m0./s1. The number of hydrogen-bond donors (Lipinski definition) is 1. The summed E-state index contributed by atoms with van der Waals surface area (Å²) in [6.07, 6.45) is 2.20. The summed E-state index contributed by atoms with van der Waals surface area (Å²) in [5.74, 6) is -0.432. The third-order valence-electron chi connectivity index (χ3n) is 1.80. The zero-order valence-corrected chi connectivity index (χ0v) is 9.11. The van der Waals surface area contributed by atoms with Gasteiger partial charge in [-0.25, -0.2) is 4.39 Å². The van der Waals surface area contributed by atoms with Crippen LogP contribution in [0.3, 0.4) is 0 Å². The van der Waals surface area contributed by atoms with Gasteiger partial charge in [0, 0.05) is 11.6 Å². The number of rotatable bonds is 3. The summed E-state index contributed by atoms with van der Waals surface area (Å²) in [5.41, 5.74) is 6.14. The fourth-order valence-corrected chi connectivity index (χ4v) is 1.30. The Hall–Kier alpha value is -0.570. The van der Waals surface area contributed by atoms with Gasteiger partial charge in [0.1, 0.15) is 5.82 Å². The molecule has 0 bridgehead atoms. The molecule has 0 amide bonds. The van der Waals surface area contributed by atoms with Crippen LogP contribution in [0.2, 0.25) is 5.02 Å². The first kappa shape index (κ1) is 13.4. The molecule has 1 aromatic carbocycles. The Morgan fingerprint density at radius 2 is 2.21 bits per heavy atom. The molecule has 14 heavy (non-hydrogen) atoms. The summed E-state index contributed by atoms with van der Waals surface area (Å²) in [5, 5.41) is 0.108. The van der Waals surface area contributed by atoms with Crippen LogP contribution in [0, 0.1) is 5.82 Å². The van der Waals surface area contributed by atoms with E-state index in [4.69, 9.17) is 17.3 Å². The van der Waals surface area contributed by atoms with Crippen LogP contribution < -0.4 is 5.73 Å². The summed E-state index contributed by atoms with van der Waals surface area (Å²) in [7, 11) is 0. The fourth-order valence-electron chi connectivity index (χ4n) is 1.11. The van der Waals surface area contributed by atoms with E-state index in [0.29, 0.717) is 12.0 Å². The molecule has 0 aliphatic rings. The zero-order chi connectivity index (χ0) is 9.84. The first-order valence-electron chi connectivity index (χ1n) is 3.97. The van der Waals surface area contributed by atoms with Gasteiger partial charge in [-0.2, -0.15) is 0 Å². The summed E-state index contributed by atoms with van der Waals surface area (Å²) >= 11 is 5.60. The first-order valence-corrected chi connectivity index (χ1v) is 4.35. The molecule has 0 spiro atoms. The number of halogens is 3. The summed E-state index contributed by atoms with van der Waals surface area (Å²) in [6.45, 7) is 3.54. The molecule has 1 atom stereocenters. The summed E-state index contributed by atoms with van der Waals surface area (Å²) < 4.78 is 13.3. The van der Waals surface area contributed by atoms with Gasteiger partial charge in [0.25, 0.3) is 0 Å². The Balaban J connectivity index is 0.00000169. The van der Waals surface area contributed by atoms with Crippen LogP contribution in [-0.2, 0) is 0 Å². The highest BCUT2D eigenvalue weighted by Crippen LogP contribution is 2.23. The predicted molar refractivity (Wildman–Crippen MR) is 60.4 cm³/mol. The van der Waals surface area contributed by atoms with E-state index in [-0.39, 0.29) is 23.5 Å². The lowest BCUT2D eigenvalue weighted by molar-refractivity contribution is 0.584. The molecule has 1 nitrogen and oxygen atoms in total. The van der Waals surface area contributed by atoms with Crippen molar-refractivity contribution in [2.45, 2.75) is 12.5 Å². The Kier molecular flexibility index (Phi) is 5.77. The minimum atomic E-state index is -0.432. The molecule has 0 radical (unpaired) electrons. The van der Waals surface area contributed by atoms with E-state index in [1.165, 1.54) is 6.07 Å². The van der Waals surface area contributed by atoms with Crippen molar-refractivity contribution in [3.05, 3.63) is 47.3 Å². The molecule has 0 saturated heterocycles. The average molecular weight is 236 g/mol. The third kappa shape index (κ3) is 2.98. The number of nitrogens with two attached hydrogens (primary N) is 1. The maximum Gasteiger partial charge on any atom is 0.146 e. The topological polar surface area (TPSA) is 26.0 Å². The quantitative estimate of drug-likeness (QED) is 0.799. The van der Waals surface area contributed by atoms with Crippen LogP contribution in [0.15, 0.2) is 30.9 Å². The SMILES string of the molecule is C=CC[C@H](N)c1cccc(Cl)c1F.Cl. The highest BCUT2D eigenvalue weighted by Gasteiger charge is 2.11. The molecular formula is C10H12Cl2FN. The van der Waals surface area contributed by atoms with E-state index < -0.39 is 5.82 Å². The van der Waals surface area contributed by atoms with E-state index in [0.717, 1.165) is 0 Å². The van der Waals surface area contributed by atoms with E-state index in [9.17, 15) is 4.39 Å². The average Bonchev–Trinajstić information content (AvgIpc) is 2.10. The lowest BCUT2D eigenvalue weighted by atomic mass is 10.0. The second kappa shape index (κ2) is 6.02. The van der Waals surface area contributed by atoms with Gasteiger partial charge < -0.3 is 5.73 Å². The molecule has 0 heterocycles. The molecule has 0 aliphatic carbocycles. The van der Waals surface area contributed by atoms with Gasteiger partial charge in [-0.3, -0.25) is 0 Å². The van der Waals surface area contributed by atoms with E-state index in [2.05, 4.69) is 6.58 Å². The molecule has 0 fully saturated rings. The van der Waals surface area contributed by atoms with Crippen molar-refractivity contribution in [3.63, 3.8) is 0 Å². The minimum Gasteiger partial charge on any atom is -0.324 e. The van der Waals surface area contributed by atoms with Crippen molar-refractivity contribution in [1.29, 1.82) is 0 Å². The third-order valence-corrected chi connectivity index (χ3v) is 2.09. The van der Waals surface area contributed by atoms with E-state index >= 15 is 0 Å². The van der Waals surface area contributed by atoms with Gasteiger partial charge >= 0.3 is 0 Å². The van der Waals surface area contributed by atoms with Gasteiger partial charge in [0.05, 0.1) is 5.02 Å². The number of benzene rings is 1. The van der Waals surface area contributed by atoms with Gasteiger partial charge in [-0.15, -0.1) is 19.0 Å². The Morgan fingerprint density at radius 3 is 2.79 bits per heavy atom. The van der Waals surface area contributed by atoms with E-state index in [1.54, 1.807) is 18.2 Å². The molecule has 0 unspecified atom stereocenters. The van der Waals surface area contributed by atoms with Crippen LogP contribution >= 0.6 is 24.0 Å². The van der Waals surface area contributed by atoms with Crippen LogP contribution in [0.4, 0.5) is 4.39 Å². The summed E-state index contributed by atoms with van der Waals surface area (Å²) in [6, 6.07) is 4.45. The minimum absolute atomic E-state index is 0. The maximum absolute atomic E-state index is 13.3. The van der Waals surface area contributed by atoms with Crippen LogP contribution in [-0.4, -0.2) is 0 Å². The van der Waals surface area contributed by atoms with Crippen LogP contribution in [0.1, 0.15) is 18.0 Å². The van der Waals surface area contributed by atoms with Crippen molar-refractivity contribution in [3.8, 4) is 0 Å². The van der Waals surface area contributed by atoms with Gasteiger partial charge in [-0.1, -0.05) is 29.8 Å². The fraction of sp³-hybridized carbons (Fsp3) is 0.200. The Labute approximate surface area is 94.2 Å². The molecule has 78 valence electrons. The van der Waals surface area contributed by atoms with Crippen molar-refractivity contribution in [2.24, 2.45) is 5.73 Å². The Morgan fingerprint density at radius 1 is 1.57 bits per heavy atom. The smallest absolute Gasteiger partial charge is 0.146 e. The van der Waals surface area contributed by atoms with Crippen LogP contribution in [0.5, 0.6) is 0 Å². The normalized spacial score (nSPS) is 11.6. The van der Waals surface area contributed by atoms with Gasteiger partial charge in [0.2, 0.25) is 0 Å².